The summed E-state index contributed by atoms with van der Waals surface area (Å²) in [5, 5.41) is 0.357. The molecule has 0 aromatic heterocycles. The fourth-order valence-electron chi connectivity index (χ4n) is 1.89. The van der Waals surface area contributed by atoms with Crippen molar-refractivity contribution in [1.29, 1.82) is 0 Å². The van der Waals surface area contributed by atoms with Crippen molar-refractivity contribution in [2.24, 2.45) is 0 Å². The highest BCUT2D eigenvalue weighted by molar-refractivity contribution is 7.89. The summed E-state index contributed by atoms with van der Waals surface area (Å²) in [6.45, 7) is 0.228. The van der Waals surface area contributed by atoms with Gasteiger partial charge in [0, 0.05) is 5.02 Å². The van der Waals surface area contributed by atoms with Gasteiger partial charge in [-0.25, -0.2) is 8.42 Å². The van der Waals surface area contributed by atoms with Crippen LogP contribution in [0.2, 0.25) is 5.02 Å². The Morgan fingerprint density at radius 2 is 1.54 bits per heavy atom. The van der Waals surface area contributed by atoms with E-state index in [2.05, 4.69) is 14.2 Å². The lowest BCUT2D eigenvalue weighted by Gasteiger charge is -2.24. The summed E-state index contributed by atoms with van der Waals surface area (Å²) in [4.78, 5) is 36.1. The molecule has 0 aliphatic rings. The number of nitrogens with zero attached hydrogens (tertiary/aromatic N) is 1. The second-order valence-corrected chi connectivity index (χ2v) is 7.29. The number of benzene rings is 1. The van der Waals surface area contributed by atoms with Crippen LogP contribution in [-0.4, -0.2) is 64.5 Å². The summed E-state index contributed by atoms with van der Waals surface area (Å²) in [6.07, 6.45) is 0. The highest BCUT2D eigenvalue weighted by Gasteiger charge is 2.28. The molecule has 0 radical (unpaired) electrons. The van der Waals surface area contributed by atoms with E-state index in [-0.39, 0.29) is 4.90 Å². The van der Waals surface area contributed by atoms with Crippen molar-refractivity contribution in [2.45, 2.75) is 17.9 Å². The Labute approximate surface area is 156 Å². The lowest BCUT2D eigenvalue weighted by molar-refractivity contribution is -0.152. The third-order valence-electron chi connectivity index (χ3n) is 3.23. The monoisotopic (exact) mass is 406 g/mol. The summed E-state index contributed by atoms with van der Waals surface area (Å²) in [5.41, 5.74) is 0. The average molecular weight is 407 g/mol. The first-order chi connectivity index (χ1) is 12.1. The van der Waals surface area contributed by atoms with Crippen molar-refractivity contribution in [3.8, 4) is 0 Å². The number of rotatable bonds is 8. The Morgan fingerprint density at radius 1 is 1.08 bits per heavy atom. The number of esters is 2. The second kappa shape index (κ2) is 9.51. The number of amides is 1. The summed E-state index contributed by atoms with van der Waals surface area (Å²) in [5.74, 6) is -2.33. The number of methoxy groups -OCH3 is 2. The van der Waals surface area contributed by atoms with Crippen LogP contribution in [0, 0.1) is 0 Å². The van der Waals surface area contributed by atoms with Crippen molar-refractivity contribution < 1.29 is 32.3 Å². The van der Waals surface area contributed by atoms with E-state index < -0.39 is 47.0 Å². The van der Waals surface area contributed by atoms with Gasteiger partial charge in [0.05, 0.1) is 25.2 Å². The fraction of sp³-hybridized carbons (Fsp3) is 0.400. The summed E-state index contributed by atoms with van der Waals surface area (Å²) < 4.78 is 35.8. The summed E-state index contributed by atoms with van der Waals surface area (Å²) in [6, 6.07) is 4.10. The van der Waals surface area contributed by atoms with Gasteiger partial charge in [0.15, 0.2) is 0 Å². The molecule has 1 aromatic rings. The molecule has 1 amide bonds. The van der Waals surface area contributed by atoms with Gasteiger partial charge in [0.25, 0.3) is 0 Å². The van der Waals surface area contributed by atoms with Crippen LogP contribution >= 0.6 is 11.6 Å². The van der Waals surface area contributed by atoms with Crippen molar-refractivity contribution in [3.05, 3.63) is 29.3 Å². The smallest absolute Gasteiger partial charge is 0.325 e. The number of halogens is 1. The van der Waals surface area contributed by atoms with Gasteiger partial charge in [-0.05, 0) is 31.2 Å². The lowest BCUT2D eigenvalue weighted by atomic mass is 10.3. The number of hydrogen-bond acceptors (Lipinski definition) is 7. The first-order valence-electron chi connectivity index (χ1n) is 7.31. The van der Waals surface area contributed by atoms with Gasteiger partial charge in [-0.2, -0.15) is 4.72 Å². The number of carbonyl (C=O) groups excluding carboxylic acids is 3. The number of nitrogens with one attached hydrogen (secondary N) is 1. The van der Waals surface area contributed by atoms with Crippen molar-refractivity contribution >= 4 is 39.5 Å². The molecule has 144 valence electrons. The zero-order chi connectivity index (χ0) is 19.9. The maximum absolute atomic E-state index is 12.5. The largest absolute Gasteiger partial charge is 0.468 e. The molecule has 0 aliphatic carbocycles. The van der Waals surface area contributed by atoms with E-state index in [1.54, 1.807) is 0 Å². The van der Waals surface area contributed by atoms with E-state index in [9.17, 15) is 22.8 Å². The first kappa shape index (κ1) is 21.9. The predicted molar refractivity (Wildman–Crippen MR) is 91.8 cm³/mol. The van der Waals surface area contributed by atoms with E-state index >= 15 is 0 Å². The minimum Gasteiger partial charge on any atom is -0.468 e. The van der Waals surface area contributed by atoms with Gasteiger partial charge >= 0.3 is 11.9 Å². The molecule has 0 saturated heterocycles. The third kappa shape index (κ3) is 6.28. The van der Waals surface area contributed by atoms with E-state index in [1.165, 1.54) is 31.2 Å². The van der Waals surface area contributed by atoms with Crippen LogP contribution in [0.15, 0.2) is 29.2 Å². The van der Waals surface area contributed by atoms with Crippen molar-refractivity contribution in [1.82, 2.24) is 9.62 Å². The maximum Gasteiger partial charge on any atom is 0.325 e. The van der Waals surface area contributed by atoms with Crippen LogP contribution in [0.1, 0.15) is 6.92 Å². The van der Waals surface area contributed by atoms with E-state index in [1.807, 2.05) is 0 Å². The van der Waals surface area contributed by atoms with Crippen LogP contribution in [0.4, 0.5) is 0 Å². The molecule has 0 bridgehead atoms. The molecular weight excluding hydrogens is 388 g/mol. The molecular formula is C15H19ClN2O7S. The van der Waals surface area contributed by atoms with Crippen LogP contribution in [0.25, 0.3) is 0 Å². The molecule has 1 rings (SSSR count). The zero-order valence-electron chi connectivity index (χ0n) is 14.4. The van der Waals surface area contributed by atoms with Crippen LogP contribution in [0.5, 0.6) is 0 Å². The summed E-state index contributed by atoms with van der Waals surface area (Å²) >= 11 is 5.72. The molecule has 9 nitrogen and oxygen atoms in total. The molecule has 0 saturated carbocycles. The number of hydrogen-bond donors (Lipinski definition) is 1. The molecule has 1 atom stereocenters. The van der Waals surface area contributed by atoms with Crippen molar-refractivity contribution in [2.75, 3.05) is 27.3 Å². The quantitative estimate of drug-likeness (QED) is 0.611. The van der Waals surface area contributed by atoms with Crippen LogP contribution < -0.4 is 4.72 Å². The van der Waals surface area contributed by atoms with E-state index in [0.717, 1.165) is 19.1 Å². The standard InChI is InChI=1S/C15H19ClN2O7S/c1-10(17-26(22,23)12-6-4-11(16)5-7-12)15(21)18(8-13(19)24-2)9-14(20)25-3/h4-7,10,17H,8-9H2,1-3H3/t10-/m0/s1. The van der Waals surface area contributed by atoms with Crippen molar-refractivity contribution in [3.63, 3.8) is 0 Å². The fourth-order valence-corrected chi connectivity index (χ4v) is 3.21. The number of sulfonamides is 1. The Morgan fingerprint density at radius 3 is 1.96 bits per heavy atom. The molecule has 0 spiro atoms. The topological polar surface area (TPSA) is 119 Å². The van der Waals surface area contributed by atoms with E-state index in [4.69, 9.17) is 11.6 Å². The zero-order valence-corrected chi connectivity index (χ0v) is 16.0. The van der Waals surface area contributed by atoms with Gasteiger partial charge in [-0.1, -0.05) is 11.6 Å². The second-order valence-electron chi connectivity index (χ2n) is 5.14. The van der Waals surface area contributed by atoms with Gasteiger partial charge in [0.1, 0.15) is 13.1 Å². The average Bonchev–Trinajstić information content (AvgIpc) is 2.60. The predicted octanol–water partition coefficient (Wildman–Crippen LogP) is 0.181. The molecule has 0 unspecified atom stereocenters. The minimum atomic E-state index is -4.01. The highest BCUT2D eigenvalue weighted by Crippen LogP contribution is 2.14. The van der Waals surface area contributed by atoms with Crippen LogP contribution in [0.3, 0.4) is 0 Å². The Balaban J connectivity index is 2.94. The molecule has 0 aliphatic heterocycles. The number of ether oxygens (including phenoxy) is 2. The Bertz CT molecular complexity index is 747. The molecule has 11 heteroatoms. The molecule has 26 heavy (non-hydrogen) atoms. The first-order valence-corrected chi connectivity index (χ1v) is 9.17. The van der Waals surface area contributed by atoms with Crippen LogP contribution in [-0.2, 0) is 33.9 Å². The highest BCUT2D eigenvalue weighted by atomic mass is 35.5. The van der Waals surface area contributed by atoms with E-state index in [0.29, 0.717) is 5.02 Å². The number of carbonyl (C=O) groups is 3. The molecule has 0 heterocycles. The van der Waals surface area contributed by atoms with Gasteiger partial charge in [-0.3, -0.25) is 14.4 Å². The van der Waals surface area contributed by atoms with Gasteiger partial charge in [0.2, 0.25) is 15.9 Å². The third-order valence-corrected chi connectivity index (χ3v) is 5.04. The minimum absolute atomic E-state index is 0.0889. The maximum atomic E-state index is 12.5. The van der Waals surface area contributed by atoms with Gasteiger partial charge in [-0.15, -0.1) is 0 Å². The molecule has 0 fully saturated rings. The summed E-state index contributed by atoms with van der Waals surface area (Å²) in [7, 11) is -1.77. The normalized spacial score (nSPS) is 12.2. The molecule has 1 aromatic carbocycles. The Kier molecular flexibility index (Phi) is 8.00. The SMILES string of the molecule is COC(=O)CN(CC(=O)OC)C(=O)[C@H](C)NS(=O)(=O)c1ccc(Cl)cc1. The van der Waals surface area contributed by atoms with Gasteiger partial charge < -0.3 is 14.4 Å². The molecule has 1 N–H and O–H groups in total. The Hall–Kier alpha value is -2.17. The lowest BCUT2D eigenvalue weighted by Crippen LogP contribution is -2.50.